The predicted octanol–water partition coefficient (Wildman–Crippen LogP) is 2.12. The monoisotopic (exact) mass is 283 g/mol. The predicted molar refractivity (Wildman–Crippen MR) is 80.8 cm³/mol. The number of amides is 1. The average Bonchev–Trinajstić information content (AvgIpc) is 3.35. The van der Waals surface area contributed by atoms with Crippen molar-refractivity contribution in [2.75, 3.05) is 32.7 Å². The van der Waals surface area contributed by atoms with Crippen LogP contribution in [0.5, 0.6) is 0 Å². The SMILES string of the molecule is N#Cc1ccc(C(=O)N2CCCN(CC3CC3)CC2)cc1. The van der Waals surface area contributed by atoms with Crippen molar-refractivity contribution in [3.63, 3.8) is 0 Å². The summed E-state index contributed by atoms with van der Waals surface area (Å²) in [5.74, 6) is 0.999. The van der Waals surface area contributed by atoms with Crippen LogP contribution >= 0.6 is 0 Å². The van der Waals surface area contributed by atoms with Gasteiger partial charge < -0.3 is 9.80 Å². The third-order valence-electron chi connectivity index (χ3n) is 4.35. The van der Waals surface area contributed by atoms with Crippen molar-refractivity contribution in [1.29, 1.82) is 5.26 Å². The molecule has 1 amide bonds. The van der Waals surface area contributed by atoms with Gasteiger partial charge in [-0.25, -0.2) is 0 Å². The Bertz CT molecular complexity index is 542. The Labute approximate surface area is 126 Å². The van der Waals surface area contributed by atoms with E-state index in [4.69, 9.17) is 5.26 Å². The van der Waals surface area contributed by atoms with E-state index in [0.717, 1.165) is 38.5 Å². The van der Waals surface area contributed by atoms with E-state index in [1.807, 2.05) is 4.90 Å². The fourth-order valence-electron chi connectivity index (χ4n) is 2.89. The normalized spacial score (nSPS) is 19.9. The van der Waals surface area contributed by atoms with Crippen LogP contribution in [0, 0.1) is 17.2 Å². The zero-order chi connectivity index (χ0) is 14.7. The molecule has 0 aromatic heterocycles. The van der Waals surface area contributed by atoms with Crippen LogP contribution in [0.15, 0.2) is 24.3 Å². The maximum absolute atomic E-state index is 12.5. The van der Waals surface area contributed by atoms with Crippen molar-refractivity contribution >= 4 is 5.91 Å². The molecule has 1 aliphatic heterocycles. The van der Waals surface area contributed by atoms with Crippen molar-refractivity contribution in [3.8, 4) is 6.07 Å². The lowest BCUT2D eigenvalue weighted by Crippen LogP contribution is -2.35. The van der Waals surface area contributed by atoms with Gasteiger partial charge in [-0.1, -0.05) is 0 Å². The van der Waals surface area contributed by atoms with Gasteiger partial charge in [-0.15, -0.1) is 0 Å². The van der Waals surface area contributed by atoms with Crippen molar-refractivity contribution in [3.05, 3.63) is 35.4 Å². The molecule has 0 atom stereocenters. The first-order valence-corrected chi connectivity index (χ1v) is 7.78. The summed E-state index contributed by atoms with van der Waals surface area (Å²) in [7, 11) is 0. The number of nitrogens with zero attached hydrogens (tertiary/aromatic N) is 3. The van der Waals surface area contributed by atoms with Crippen LogP contribution in [-0.4, -0.2) is 48.4 Å². The van der Waals surface area contributed by atoms with E-state index in [-0.39, 0.29) is 5.91 Å². The molecule has 21 heavy (non-hydrogen) atoms. The van der Waals surface area contributed by atoms with E-state index in [1.54, 1.807) is 24.3 Å². The fraction of sp³-hybridized carbons (Fsp3) is 0.529. The van der Waals surface area contributed by atoms with Crippen LogP contribution in [0.25, 0.3) is 0 Å². The standard InChI is InChI=1S/C17H21N3O/c18-12-14-4-6-16(7-5-14)17(21)20-9-1-8-19(10-11-20)13-15-2-3-15/h4-7,15H,1-3,8-11,13H2. The lowest BCUT2D eigenvalue weighted by atomic mass is 10.1. The molecule has 1 saturated heterocycles. The molecule has 1 saturated carbocycles. The molecule has 3 rings (SSSR count). The number of hydrogen-bond acceptors (Lipinski definition) is 3. The highest BCUT2D eigenvalue weighted by Gasteiger charge is 2.26. The van der Waals surface area contributed by atoms with Gasteiger partial charge >= 0.3 is 0 Å². The fourth-order valence-corrected chi connectivity index (χ4v) is 2.89. The first-order valence-electron chi connectivity index (χ1n) is 7.78. The minimum Gasteiger partial charge on any atom is -0.337 e. The lowest BCUT2D eigenvalue weighted by molar-refractivity contribution is 0.0761. The maximum atomic E-state index is 12.5. The number of nitriles is 1. The molecular weight excluding hydrogens is 262 g/mol. The first-order chi connectivity index (χ1) is 10.3. The van der Waals surface area contributed by atoms with Crippen molar-refractivity contribution in [2.45, 2.75) is 19.3 Å². The molecule has 0 bridgehead atoms. The van der Waals surface area contributed by atoms with Crippen LogP contribution < -0.4 is 0 Å². The molecule has 0 spiro atoms. The summed E-state index contributed by atoms with van der Waals surface area (Å²) >= 11 is 0. The summed E-state index contributed by atoms with van der Waals surface area (Å²) in [5, 5.41) is 8.81. The molecule has 4 heteroatoms. The zero-order valence-corrected chi connectivity index (χ0v) is 12.3. The van der Waals surface area contributed by atoms with Gasteiger partial charge in [0.05, 0.1) is 11.6 Å². The summed E-state index contributed by atoms with van der Waals surface area (Å²) in [4.78, 5) is 17.0. The third kappa shape index (κ3) is 3.62. The maximum Gasteiger partial charge on any atom is 0.253 e. The highest BCUT2D eigenvalue weighted by atomic mass is 16.2. The van der Waals surface area contributed by atoms with E-state index in [0.29, 0.717) is 11.1 Å². The minimum atomic E-state index is 0.0905. The van der Waals surface area contributed by atoms with Gasteiger partial charge in [0.1, 0.15) is 0 Å². The van der Waals surface area contributed by atoms with Crippen LogP contribution in [0.1, 0.15) is 35.2 Å². The Balaban J connectivity index is 1.59. The van der Waals surface area contributed by atoms with Crippen LogP contribution in [0.4, 0.5) is 0 Å². The van der Waals surface area contributed by atoms with Gasteiger partial charge in [-0.05, 0) is 56.0 Å². The molecule has 0 radical (unpaired) electrons. The average molecular weight is 283 g/mol. The van der Waals surface area contributed by atoms with Crippen LogP contribution in [0.2, 0.25) is 0 Å². The van der Waals surface area contributed by atoms with Gasteiger partial charge in [-0.2, -0.15) is 5.26 Å². The van der Waals surface area contributed by atoms with E-state index in [2.05, 4.69) is 11.0 Å². The number of benzene rings is 1. The van der Waals surface area contributed by atoms with Crippen molar-refractivity contribution < 1.29 is 4.79 Å². The molecule has 1 aromatic rings. The lowest BCUT2D eigenvalue weighted by Gasteiger charge is -2.22. The van der Waals surface area contributed by atoms with Gasteiger partial charge in [0.15, 0.2) is 0 Å². The van der Waals surface area contributed by atoms with E-state index in [9.17, 15) is 4.79 Å². The van der Waals surface area contributed by atoms with Crippen molar-refractivity contribution in [1.82, 2.24) is 9.80 Å². The van der Waals surface area contributed by atoms with Crippen LogP contribution in [-0.2, 0) is 0 Å². The molecule has 2 fully saturated rings. The third-order valence-corrected chi connectivity index (χ3v) is 4.35. The molecule has 0 unspecified atom stereocenters. The van der Waals surface area contributed by atoms with Crippen LogP contribution in [0.3, 0.4) is 0 Å². The quantitative estimate of drug-likeness (QED) is 0.853. The van der Waals surface area contributed by atoms with Gasteiger partial charge in [0.2, 0.25) is 0 Å². The Morgan fingerprint density at radius 2 is 1.90 bits per heavy atom. The van der Waals surface area contributed by atoms with E-state index in [1.165, 1.54) is 19.4 Å². The highest BCUT2D eigenvalue weighted by Crippen LogP contribution is 2.29. The Morgan fingerprint density at radius 3 is 2.57 bits per heavy atom. The summed E-state index contributed by atoms with van der Waals surface area (Å²) in [5.41, 5.74) is 1.28. The number of carbonyl (C=O) groups is 1. The topological polar surface area (TPSA) is 47.3 Å². The molecule has 2 aliphatic rings. The number of rotatable bonds is 3. The van der Waals surface area contributed by atoms with Gasteiger partial charge in [0.25, 0.3) is 5.91 Å². The molecular formula is C17H21N3O. The minimum absolute atomic E-state index is 0.0905. The second kappa shape index (κ2) is 6.28. The Hall–Kier alpha value is -1.86. The molecule has 0 N–H and O–H groups in total. The summed E-state index contributed by atoms with van der Waals surface area (Å²) in [6.07, 6.45) is 3.81. The summed E-state index contributed by atoms with van der Waals surface area (Å²) in [6.45, 7) is 4.94. The molecule has 1 aliphatic carbocycles. The Kier molecular flexibility index (Phi) is 4.21. The van der Waals surface area contributed by atoms with Gasteiger partial charge in [-0.3, -0.25) is 4.79 Å². The Morgan fingerprint density at radius 1 is 1.14 bits per heavy atom. The number of carbonyl (C=O) groups excluding carboxylic acids is 1. The first kappa shape index (κ1) is 14.1. The summed E-state index contributed by atoms with van der Waals surface area (Å²) in [6, 6.07) is 9.02. The number of hydrogen-bond donors (Lipinski definition) is 0. The van der Waals surface area contributed by atoms with Gasteiger partial charge in [0, 0.05) is 31.7 Å². The highest BCUT2D eigenvalue weighted by molar-refractivity contribution is 5.94. The molecule has 1 heterocycles. The van der Waals surface area contributed by atoms with Crippen molar-refractivity contribution in [2.24, 2.45) is 5.92 Å². The largest absolute Gasteiger partial charge is 0.337 e. The molecule has 4 nitrogen and oxygen atoms in total. The summed E-state index contributed by atoms with van der Waals surface area (Å²) < 4.78 is 0. The van der Waals surface area contributed by atoms with E-state index < -0.39 is 0 Å². The molecule has 110 valence electrons. The smallest absolute Gasteiger partial charge is 0.253 e. The second-order valence-corrected chi connectivity index (χ2v) is 6.08. The van der Waals surface area contributed by atoms with E-state index >= 15 is 0 Å². The second-order valence-electron chi connectivity index (χ2n) is 6.08. The molecule has 1 aromatic carbocycles. The zero-order valence-electron chi connectivity index (χ0n) is 12.3.